The lowest BCUT2D eigenvalue weighted by molar-refractivity contribution is -0.133. The Morgan fingerprint density at radius 3 is 2.54 bits per heavy atom. The van der Waals surface area contributed by atoms with Crippen LogP contribution in [0.1, 0.15) is 15.9 Å². The maximum Gasteiger partial charge on any atom is 0.268 e. The number of amides is 2. The van der Waals surface area contributed by atoms with Gasteiger partial charge in [0.15, 0.2) is 15.6 Å². The summed E-state index contributed by atoms with van der Waals surface area (Å²) in [4.78, 5) is 46.9. The lowest BCUT2D eigenvalue weighted by Crippen LogP contribution is -2.48. The molecule has 1 aliphatic rings. The number of sulfone groups is 1. The van der Waals surface area contributed by atoms with Crippen LogP contribution in [0.4, 0.5) is 4.39 Å². The number of hydrogen-bond donors (Lipinski definition) is 2. The predicted molar refractivity (Wildman–Crippen MR) is 132 cm³/mol. The number of aromatic nitrogens is 2. The average molecular weight is 532 g/mol. The third-order valence-electron chi connectivity index (χ3n) is 6.24. The molecule has 4 rings (SSSR count). The van der Waals surface area contributed by atoms with Crippen molar-refractivity contribution in [3.05, 3.63) is 63.8 Å². The Labute approximate surface area is 212 Å². The standard InChI is InChI=1S/C24H26FN5O6S/c1-28-8-10-29(11-9-28)19(31)14-30-17-4-3-7-26-21(17)22(32)20(24(30)34)23(33)27-13-15-5-6-16(25)12-18(15)37(2,35)36/h3-7,12,32H,8-11,13-14H2,1-2H3,(H,27,33). The van der Waals surface area contributed by atoms with E-state index in [4.69, 9.17) is 0 Å². The van der Waals surface area contributed by atoms with E-state index >= 15 is 0 Å². The number of fused-ring (bicyclic) bond motifs is 1. The average Bonchev–Trinajstić information content (AvgIpc) is 2.85. The Morgan fingerprint density at radius 2 is 1.86 bits per heavy atom. The number of aromatic hydroxyl groups is 1. The molecule has 0 aliphatic carbocycles. The predicted octanol–water partition coefficient (Wildman–Crippen LogP) is 0.349. The van der Waals surface area contributed by atoms with E-state index in [1.165, 1.54) is 18.3 Å². The number of rotatable bonds is 6. The zero-order chi connectivity index (χ0) is 26.9. The first-order valence-corrected chi connectivity index (χ1v) is 13.3. The highest BCUT2D eigenvalue weighted by Crippen LogP contribution is 2.25. The number of benzene rings is 1. The number of nitrogens with one attached hydrogen (secondary N) is 1. The molecule has 196 valence electrons. The number of hydrogen-bond acceptors (Lipinski definition) is 8. The fourth-order valence-corrected chi connectivity index (χ4v) is 5.14. The van der Waals surface area contributed by atoms with Crippen LogP contribution in [0.2, 0.25) is 0 Å². The van der Waals surface area contributed by atoms with Crippen LogP contribution >= 0.6 is 0 Å². The molecule has 3 heterocycles. The highest BCUT2D eigenvalue weighted by atomic mass is 32.2. The molecule has 2 N–H and O–H groups in total. The number of piperazine rings is 1. The van der Waals surface area contributed by atoms with Gasteiger partial charge in [0, 0.05) is 45.2 Å². The van der Waals surface area contributed by atoms with Gasteiger partial charge in [0.2, 0.25) is 5.91 Å². The van der Waals surface area contributed by atoms with Crippen molar-refractivity contribution in [3.8, 4) is 5.75 Å². The molecule has 2 amide bonds. The Hall–Kier alpha value is -3.84. The Kier molecular flexibility index (Phi) is 7.28. The number of nitrogens with zero attached hydrogens (tertiary/aromatic N) is 4. The van der Waals surface area contributed by atoms with E-state index in [-0.39, 0.29) is 40.5 Å². The largest absolute Gasteiger partial charge is 0.505 e. The number of pyridine rings is 2. The van der Waals surface area contributed by atoms with Gasteiger partial charge in [-0.2, -0.15) is 0 Å². The van der Waals surface area contributed by atoms with E-state index in [2.05, 4.69) is 15.2 Å². The molecule has 0 saturated carbocycles. The third-order valence-corrected chi connectivity index (χ3v) is 7.42. The van der Waals surface area contributed by atoms with E-state index < -0.39 is 38.4 Å². The zero-order valence-corrected chi connectivity index (χ0v) is 21.1. The van der Waals surface area contributed by atoms with Gasteiger partial charge in [-0.05, 0) is 36.9 Å². The summed E-state index contributed by atoms with van der Waals surface area (Å²) in [5.74, 6) is -2.74. The van der Waals surface area contributed by atoms with Gasteiger partial charge < -0.3 is 20.2 Å². The molecule has 2 aromatic heterocycles. The fourth-order valence-electron chi connectivity index (χ4n) is 4.20. The minimum absolute atomic E-state index is 0.0444. The van der Waals surface area contributed by atoms with Crippen LogP contribution < -0.4 is 10.9 Å². The molecule has 0 unspecified atom stereocenters. The summed E-state index contributed by atoms with van der Waals surface area (Å²) in [6.45, 7) is 1.64. The first-order valence-electron chi connectivity index (χ1n) is 11.4. The van der Waals surface area contributed by atoms with Crippen molar-refractivity contribution < 1.29 is 27.5 Å². The summed E-state index contributed by atoms with van der Waals surface area (Å²) >= 11 is 0. The van der Waals surface area contributed by atoms with Crippen LogP contribution in [0.5, 0.6) is 5.75 Å². The van der Waals surface area contributed by atoms with Crippen molar-refractivity contribution in [3.63, 3.8) is 0 Å². The molecule has 0 radical (unpaired) electrons. The van der Waals surface area contributed by atoms with Gasteiger partial charge in [-0.25, -0.2) is 12.8 Å². The molecule has 1 aromatic carbocycles. The maximum atomic E-state index is 13.6. The summed E-state index contributed by atoms with van der Waals surface area (Å²) in [5, 5.41) is 13.2. The molecule has 1 aliphatic heterocycles. The quantitative estimate of drug-likeness (QED) is 0.464. The van der Waals surface area contributed by atoms with Crippen molar-refractivity contribution in [2.75, 3.05) is 39.5 Å². The lowest BCUT2D eigenvalue weighted by Gasteiger charge is -2.32. The molecular weight excluding hydrogens is 505 g/mol. The molecule has 0 spiro atoms. The highest BCUT2D eigenvalue weighted by Gasteiger charge is 2.26. The molecule has 0 bridgehead atoms. The monoisotopic (exact) mass is 531 g/mol. The van der Waals surface area contributed by atoms with Crippen LogP contribution in [-0.2, 0) is 27.7 Å². The van der Waals surface area contributed by atoms with Crippen LogP contribution in [0.25, 0.3) is 11.0 Å². The van der Waals surface area contributed by atoms with Gasteiger partial charge in [0.25, 0.3) is 11.5 Å². The summed E-state index contributed by atoms with van der Waals surface area (Å²) in [7, 11) is -1.86. The summed E-state index contributed by atoms with van der Waals surface area (Å²) < 4.78 is 38.8. The Morgan fingerprint density at radius 1 is 1.16 bits per heavy atom. The molecular formula is C24H26FN5O6S. The molecule has 1 saturated heterocycles. The van der Waals surface area contributed by atoms with Gasteiger partial charge in [-0.1, -0.05) is 6.07 Å². The van der Waals surface area contributed by atoms with Crippen molar-refractivity contribution in [2.24, 2.45) is 0 Å². The minimum atomic E-state index is -3.81. The molecule has 13 heteroatoms. The molecule has 3 aromatic rings. The second-order valence-electron chi connectivity index (χ2n) is 8.88. The van der Waals surface area contributed by atoms with Gasteiger partial charge >= 0.3 is 0 Å². The zero-order valence-electron chi connectivity index (χ0n) is 20.3. The van der Waals surface area contributed by atoms with Gasteiger partial charge in [0.1, 0.15) is 23.4 Å². The van der Waals surface area contributed by atoms with E-state index in [1.807, 2.05) is 7.05 Å². The van der Waals surface area contributed by atoms with Gasteiger partial charge in [0.05, 0.1) is 10.4 Å². The summed E-state index contributed by atoms with van der Waals surface area (Å²) in [6, 6.07) is 6.15. The van der Waals surface area contributed by atoms with E-state index in [1.54, 1.807) is 11.0 Å². The van der Waals surface area contributed by atoms with Crippen molar-refractivity contribution in [1.29, 1.82) is 0 Å². The fraction of sp³-hybridized carbons (Fsp3) is 0.333. The van der Waals surface area contributed by atoms with Crippen LogP contribution in [0.15, 0.2) is 46.2 Å². The van der Waals surface area contributed by atoms with Gasteiger partial charge in [-0.3, -0.25) is 23.9 Å². The smallest absolute Gasteiger partial charge is 0.268 e. The summed E-state index contributed by atoms with van der Waals surface area (Å²) in [6.07, 6.45) is 2.28. The Balaban J connectivity index is 1.68. The first-order chi connectivity index (χ1) is 17.5. The van der Waals surface area contributed by atoms with E-state index in [9.17, 15) is 32.3 Å². The second-order valence-corrected chi connectivity index (χ2v) is 10.9. The van der Waals surface area contributed by atoms with Crippen LogP contribution in [0.3, 0.4) is 0 Å². The first kappa shape index (κ1) is 26.2. The van der Waals surface area contributed by atoms with Crippen molar-refractivity contribution >= 4 is 32.7 Å². The highest BCUT2D eigenvalue weighted by molar-refractivity contribution is 7.90. The minimum Gasteiger partial charge on any atom is -0.505 e. The second kappa shape index (κ2) is 10.3. The summed E-state index contributed by atoms with van der Waals surface area (Å²) in [5.41, 5.74) is -1.30. The third kappa shape index (κ3) is 5.47. The van der Waals surface area contributed by atoms with Gasteiger partial charge in [-0.15, -0.1) is 0 Å². The normalized spacial score (nSPS) is 14.6. The lowest BCUT2D eigenvalue weighted by atomic mass is 10.1. The van der Waals surface area contributed by atoms with E-state index in [0.29, 0.717) is 26.2 Å². The molecule has 0 atom stereocenters. The molecule has 11 nitrogen and oxygen atoms in total. The maximum absolute atomic E-state index is 13.6. The number of halogens is 1. The Bertz CT molecular complexity index is 1550. The molecule has 37 heavy (non-hydrogen) atoms. The number of likely N-dealkylation sites (N-methyl/N-ethyl adjacent to an activating group) is 1. The number of carbonyl (C=O) groups excluding carboxylic acids is 2. The SMILES string of the molecule is CN1CCN(C(=O)Cn2c(=O)c(C(=O)NCc3ccc(F)cc3S(C)(=O)=O)c(O)c3ncccc32)CC1. The van der Waals surface area contributed by atoms with Crippen molar-refractivity contribution in [2.45, 2.75) is 18.0 Å². The van der Waals surface area contributed by atoms with E-state index in [0.717, 1.165) is 23.0 Å². The van der Waals surface area contributed by atoms with Crippen LogP contribution in [-0.4, -0.2) is 84.2 Å². The number of carbonyl (C=O) groups is 2. The van der Waals surface area contributed by atoms with Crippen LogP contribution in [0, 0.1) is 5.82 Å². The topological polar surface area (TPSA) is 142 Å². The molecule has 1 fully saturated rings. The van der Waals surface area contributed by atoms with Crippen molar-refractivity contribution in [1.82, 2.24) is 24.7 Å².